The standard InChI is InChI=1S/C18H23N3O3/c1-13-8-11-24-16(13)18(23)21-10-5-9-20-17(22)15(19)12-14-6-3-2-4-7-14/h2-4,6-8,11,15H,5,9-10,12,19H2,1H3,(H,20,22)(H,21,23)/t15-/m0/s1. The van der Waals surface area contributed by atoms with E-state index in [9.17, 15) is 9.59 Å². The molecule has 24 heavy (non-hydrogen) atoms. The fraction of sp³-hybridized carbons (Fsp3) is 0.333. The second-order valence-electron chi connectivity index (χ2n) is 5.63. The molecule has 0 aliphatic carbocycles. The van der Waals surface area contributed by atoms with E-state index in [-0.39, 0.29) is 11.8 Å². The highest BCUT2D eigenvalue weighted by atomic mass is 16.3. The molecule has 128 valence electrons. The molecule has 0 aliphatic heterocycles. The smallest absolute Gasteiger partial charge is 0.287 e. The normalized spacial score (nSPS) is 11.8. The summed E-state index contributed by atoms with van der Waals surface area (Å²) >= 11 is 0. The second-order valence-corrected chi connectivity index (χ2v) is 5.63. The summed E-state index contributed by atoms with van der Waals surface area (Å²) in [6.45, 7) is 2.72. The molecule has 4 N–H and O–H groups in total. The van der Waals surface area contributed by atoms with Gasteiger partial charge >= 0.3 is 0 Å². The summed E-state index contributed by atoms with van der Waals surface area (Å²) in [6.07, 6.45) is 2.61. The number of hydrogen-bond donors (Lipinski definition) is 3. The lowest BCUT2D eigenvalue weighted by molar-refractivity contribution is -0.122. The maximum Gasteiger partial charge on any atom is 0.287 e. The molecule has 2 aromatic rings. The van der Waals surface area contributed by atoms with Crippen LogP contribution in [0.4, 0.5) is 0 Å². The molecule has 1 aromatic heterocycles. The fourth-order valence-electron chi connectivity index (χ4n) is 2.28. The minimum atomic E-state index is -0.576. The number of hydrogen-bond acceptors (Lipinski definition) is 4. The predicted molar refractivity (Wildman–Crippen MR) is 91.5 cm³/mol. The van der Waals surface area contributed by atoms with E-state index in [2.05, 4.69) is 10.6 Å². The number of rotatable bonds is 8. The fourth-order valence-corrected chi connectivity index (χ4v) is 2.28. The Morgan fingerprint density at radius 2 is 1.83 bits per heavy atom. The molecule has 0 fully saturated rings. The van der Waals surface area contributed by atoms with Crippen LogP contribution in [-0.2, 0) is 11.2 Å². The number of furan rings is 1. The van der Waals surface area contributed by atoms with E-state index in [1.54, 1.807) is 6.07 Å². The highest BCUT2D eigenvalue weighted by Gasteiger charge is 2.14. The van der Waals surface area contributed by atoms with Gasteiger partial charge in [0.05, 0.1) is 12.3 Å². The zero-order valence-electron chi connectivity index (χ0n) is 13.7. The van der Waals surface area contributed by atoms with Gasteiger partial charge in [-0.1, -0.05) is 30.3 Å². The van der Waals surface area contributed by atoms with E-state index in [1.165, 1.54) is 6.26 Å². The van der Waals surface area contributed by atoms with Gasteiger partial charge in [-0.15, -0.1) is 0 Å². The molecule has 0 radical (unpaired) electrons. The third kappa shape index (κ3) is 5.24. The number of nitrogens with two attached hydrogens (primary N) is 1. The lowest BCUT2D eigenvalue weighted by atomic mass is 10.1. The minimum Gasteiger partial charge on any atom is -0.459 e. The Labute approximate surface area is 141 Å². The average molecular weight is 329 g/mol. The predicted octanol–water partition coefficient (Wildman–Crippen LogP) is 1.39. The van der Waals surface area contributed by atoms with Gasteiger partial charge in [0.25, 0.3) is 5.91 Å². The van der Waals surface area contributed by atoms with Crippen LogP contribution in [0, 0.1) is 6.92 Å². The van der Waals surface area contributed by atoms with Gasteiger partial charge in [-0.25, -0.2) is 0 Å². The molecule has 1 aromatic carbocycles. The van der Waals surface area contributed by atoms with Crippen molar-refractivity contribution in [1.29, 1.82) is 0 Å². The highest BCUT2D eigenvalue weighted by molar-refractivity contribution is 5.92. The Morgan fingerprint density at radius 3 is 2.50 bits per heavy atom. The number of amides is 2. The van der Waals surface area contributed by atoms with Gasteiger partial charge in [-0.2, -0.15) is 0 Å². The van der Waals surface area contributed by atoms with E-state index < -0.39 is 6.04 Å². The van der Waals surface area contributed by atoms with Crippen LogP contribution >= 0.6 is 0 Å². The number of carbonyl (C=O) groups is 2. The quantitative estimate of drug-likeness (QED) is 0.638. The first kappa shape index (κ1) is 17.7. The van der Waals surface area contributed by atoms with Gasteiger partial charge in [-0.3, -0.25) is 9.59 Å². The highest BCUT2D eigenvalue weighted by Crippen LogP contribution is 2.07. The summed E-state index contributed by atoms with van der Waals surface area (Å²) in [5.74, 6) is -0.111. The minimum absolute atomic E-state index is 0.188. The monoisotopic (exact) mass is 329 g/mol. The van der Waals surface area contributed by atoms with Crippen molar-refractivity contribution in [1.82, 2.24) is 10.6 Å². The van der Waals surface area contributed by atoms with Crippen molar-refractivity contribution in [3.63, 3.8) is 0 Å². The third-order valence-electron chi connectivity index (χ3n) is 3.64. The van der Waals surface area contributed by atoms with Gasteiger partial charge < -0.3 is 20.8 Å². The molecule has 6 nitrogen and oxygen atoms in total. The molecule has 0 saturated heterocycles. The van der Waals surface area contributed by atoms with E-state index in [0.29, 0.717) is 31.7 Å². The Balaban J connectivity index is 1.62. The van der Waals surface area contributed by atoms with Crippen LogP contribution in [0.5, 0.6) is 0 Å². The third-order valence-corrected chi connectivity index (χ3v) is 3.64. The van der Waals surface area contributed by atoms with E-state index in [1.807, 2.05) is 37.3 Å². The van der Waals surface area contributed by atoms with E-state index >= 15 is 0 Å². The molecular formula is C18H23N3O3. The molecule has 2 rings (SSSR count). The summed E-state index contributed by atoms with van der Waals surface area (Å²) in [5, 5.41) is 5.54. The summed E-state index contributed by atoms with van der Waals surface area (Å²) in [5.41, 5.74) is 7.73. The lowest BCUT2D eigenvalue weighted by Crippen LogP contribution is -2.42. The summed E-state index contributed by atoms with van der Waals surface area (Å²) in [6, 6.07) is 10.8. The zero-order chi connectivity index (χ0) is 17.4. The van der Waals surface area contributed by atoms with Gasteiger partial charge in [-0.05, 0) is 31.4 Å². The van der Waals surface area contributed by atoms with Gasteiger partial charge in [0.15, 0.2) is 5.76 Å². The van der Waals surface area contributed by atoms with Crippen LogP contribution in [0.15, 0.2) is 47.1 Å². The molecule has 0 bridgehead atoms. The Bertz CT molecular complexity index is 667. The first-order valence-electron chi connectivity index (χ1n) is 7.97. The maximum absolute atomic E-state index is 11.9. The van der Waals surface area contributed by atoms with E-state index in [0.717, 1.165) is 11.1 Å². The second kappa shape index (κ2) is 8.88. The van der Waals surface area contributed by atoms with E-state index in [4.69, 9.17) is 10.2 Å². The van der Waals surface area contributed by atoms with Crippen molar-refractivity contribution in [2.75, 3.05) is 13.1 Å². The SMILES string of the molecule is Cc1ccoc1C(=O)NCCCNC(=O)[C@@H](N)Cc1ccccc1. The molecule has 0 unspecified atom stereocenters. The average Bonchev–Trinajstić information content (AvgIpc) is 3.01. The van der Waals surface area contributed by atoms with Crippen LogP contribution in [0.3, 0.4) is 0 Å². The Kier molecular flexibility index (Phi) is 6.57. The Morgan fingerprint density at radius 1 is 1.12 bits per heavy atom. The maximum atomic E-state index is 11.9. The molecule has 6 heteroatoms. The van der Waals surface area contributed by atoms with Crippen LogP contribution in [0.25, 0.3) is 0 Å². The van der Waals surface area contributed by atoms with Crippen LogP contribution in [0.2, 0.25) is 0 Å². The molecule has 0 aliphatic rings. The summed E-state index contributed by atoms with van der Waals surface area (Å²) < 4.78 is 5.11. The van der Waals surface area contributed by atoms with Gasteiger partial charge in [0.1, 0.15) is 0 Å². The number of nitrogens with one attached hydrogen (secondary N) is 2. The van der Waals surface area contributed by atoms with Crippen LogP contribution < -0.4 is 16.4 Å². The lowest BCUT2D eigenvalue weighted by Gasteiger charge is -2.12. The van der Waals surface area contributed by atoms with Crippen molar-refractivity contribution in [2.24, 2.45) is 5.73 Å². The first-order valence-corrected chi connectivity index (χ1v) is 7.97. The molecule has 0 spiro atoms. The van der Waals surface area contributed by atoms with Gasteiger partial charge in [0.2, 0.25) is 5.91 Å². The van der Waals surface area contributed by atoms with Crippen molar-refractivity contribution in [2.45, 2.75) is 25.8 Å². The number of benzene rings is 1. The number of aryl methyl sites for hydroxylation is 1. The largest absolute Gasteiger partial charge is 0.459 e. The number of carbonyl (C=O) groups excluding carboxylic acids is 2. The topological polar surface area (TPSA) is 97.4 Å². The molecule has 0 saturated carbocycles. The van der Waals surface area contributed by atoms with Gasteiger partial charge in [0, 0.05) is 18.7 Å². The summed E-state index contributed by atoms with van der Waals surface area (Å²) in [4.78, 5) is 23.8. The van der Waals surface area contributed by atoms with Crippen molar-refractivity contribution in [3.8, 4) is 0 Å². The van der Waals surface area contributed by atoms with Crippen molar-refractivity contribution >= 4 is 11.8 Å². The van der Waals surface area contributed by atoms with Crippen molar-refractivity contribution < 1.29 is 14.0 Å². The molecule has 2 amide bonds. The summed E-state index contributed by atoms with van der Waals surface area (Å²) in [7, 11) is 0. The molecule has 1 heterocycles. The van der Waals surface area contributed by atoms with Crippen LogP contribution in [0.1, 0.15) is 28.1 Å². The zero-order valence-corrected chi connectivity index (χ0v) is 13.7. The molecule has 1 atom stereocenters. The first-order chi connectivity index (χ1) is 11.6. The Hall–Kier alpha value is -2.60. The van der Waals surface area contributed by atoms with Crippen molar-refractivity contribution in [3.05, 3.63) is 59.5 Å². The molecular weight excluding hydrogens is 306 g/mol. The van der Waals surface area contributed by atoms with Crippen LogP contribution in [-0.4, -0.2) is 30.9 Å².